The van der Waals surface area contributed by atoms with E-state index in [1.54, 1.807) is 4.68 Å². The molecule has 100 valence electrons. The van der Waals surface area contributed by atoms with Gasteiger partial charge in [-0.1, -0.05) is 28.1 Å². The first-order chi connectivity index (χ1) is 9.66. The number of nitrogens with two attached hydrogens (primary N) is 1. The van der Waals surface area contributed by atoms with Crippen molar-refractivity contribution in [2.24, 2.45) is 0 Å². The Kier molecular flexibility index (Phi) is 3.54. The predicted octanol–water partition coefficient (Wildman–Crippen LogP) is 3.44. The molecule has 0 fully saturated rings. The summed E-state index contributed by atoms with van der Waals surface area (Å²) < 4.78 is 3.47. The van der Waals surface area contributed by atoms with E-state index in [4.69, 9.17) is 5.73 Å². The fraction of sp³-hybridized carbons (Fsp3) is 0. The Morgan fingerprint density at radius 3 is 2.60 bits per heavy atom. The summed E-state index contributed by atoms with van der Waals surface area (Å²) in [6.45, 7) is 0. The topological polar surface area (TPSA) is 69.6 Å². The van der Waals surface area contributed by atoms with Crippen LogP contribution in [0.3, 0.4) is 0 Å². The quantitative estimate of drug-likeness (QED) is 0.676. The van der Waals surface area contributed by atoms with E-state index in [0.717, 1.165) is 20.2 Å². The van der Waals surface area contributed by atoms with Crippen molar-refractivity contribution in [2.75, 3.05) is 5.73 Å². The standard InChI is InChI=1S/C13H9Br2N5/c14-10-6-5-8(16)7-9(10)13-17-18-19-20(13)12-4-2-1-3-11(12)15/h1-7H,16H2. The maximum absolute atomic E-state index is 5.84. The summed E-state index contributed by atoms with van der Waals surface area (Å²) in [6, 6.07) is 13.3. The minimum Gasteiger partial charge on any atom is -0.399 e. The van der Waals surface area contributed by atoms with Crippen LogP contribution in [0.2, 0.25) is 0 Å². The van der Waals surface area contributed by atoms with Gasteiger partial charge in [0.2, 0.25) is 0 Å². The van der Waals surface area contributed by atoms with E-state index in [9.17, 15) is 0 Å². The van der Waals surface area contributed by atoms with Crippen molar-refractivity contribution in [3.05, 3.63) is 51.4 Å². The molecule has 0 bridgehead atoms. The van der Waals surface area contributed by atoms with E-state index in [1.165, 1.54) is 0 Å². The molecule has 0 saturated heterocycles. The van der Waals surface area contributed by atoms with Crippen molar-refractivity contribution in [1.82, 2.24) is 20.2 Å². The Morgan fingerprint density at radius 1 is 1.00 bits per heavy atom. The Balaban J connectivity index is 2.21. The van der Waals surface area contributed by atoms with Gasteiger partial charge in [0.1, 0.15) is 0 Å². The molecule has 5 nitrogen and oxygen atoms in total. The van der Waals surface area contributed by atoms with E-state index >= 15 is 0 Å². The predicted molar refractivity (Wildman–Crippen MR) is 84.4 cm³/mol. The SMILES string of the molecule is Nc1ccc(Br)c(-c2nnnn2-c2ccccc2Br)c1. The van der Waals surface area contributed by atoms with Gasteiger partial charge < -0.3 is 5.73 Å². The number of tetrazole rings is 1. The lowest BCUT2D eigenvalue weighted by Gasteiger charge is -2.08. The van der Waals surface area contributed by atoms with Crippen LogP contribution in [0.15, 0.2) is 51.4 Å². The molecule has 3 rings (SSSR count). The van der Waals surface area contributed by atoms with Gasteiger partial charge in [-0.25, -0.2) is 0 Å². The molecule has 0 amide bonds. The van der Waals surface area contributed by atoms with E-state index < -0.39 is 0 Å². The monoisotopic (exact) mass is 393 g/mol. The first-order valence-corrected chi connectivity index (χ1v) is 7.34. The summed E-state index contributed by atoms with van der Waals surface area (Å²) in [6.07, 6.45) is 0. The van der Waals surface area contributed by atoms with Crippen molar-refractivity contribution in [1.29, 1.82) is 0 Å². The number of hydrogen-bond donors (Lipinski definition) is 1. The smallest absolute Gasteiger partial charge is 0.188 e. The zero-order valence-corrected chi connectivity index (χ0v) is 13.3. The summed E-state index contributed by atoms with van der Waals surface area (Å²) in [4.78, 5) is 0. The zero-order chi connectivity index (χ0) is 14.1. The van der Waals surface area contributed by atoms with Crippen LogP contribution in [0, 0.1) is 0 Å². The Labute approximate surface area is 132 Å². The molecule has 0 radical (unpaired) electrons. The van der Waals surface area contributed by atoms with Crippen molar-refractivity contribution < 1.29 is 0 Å². The molecular weight excluding hydrogens is 386 g/mol. The molecule has 0 saturated carbocycles. The van der Waals surface area contributed by atoms with Crippen LogP contribution in [-0.2, 0) is 0 Å². The van der Waals surface area contributed by atoms with Gasteiger partial charge in [0, 0.05) is 20.2 Å². The van der Waals surface area contributed by atoms with Crippen molar-refractivity contribution in [3.63, 3.8) is 0 Å². The summed E-state index contributed by atoms with van der Waals surface area (Å²) in [5.74, 6) is 0.621. The second kappa shape index (κ2) is 5.34. The van der Waals surface area contributed by atoms with Gasteiger partial charge in [0.15, 0.2) is 5.82 Å². The molecule has 0 aliphatic rings. The highest BCUT2D eigenvalue weighted by Crippen LogP contribution is 2.31. The zero-order valence-electron chi connectivity index (χ0n) is 10.2. The van der Waals surface area contributed by atoms with E-state index in [1.807, 2.05) is 42.5 Å². The van der Waals surface area contributed by atoms with E-state index in [2.05, 4.69) is 47.4 Å². The number of aromatic nitrogens is 4. The number of rotatable bonds is 2. The van der Waals surface area contributed by atoms with Crippen LogP contribution < -0.4 is 5.73 Å². The molecule has 0 atom stereocenters. The minimum atomic E-state index is 0.621. The average Bonchev–Trinajstić information content (AvgIpc) is 2.91. The molecule has 0 unspecified atom stereocenters. The van der Waals surface area contributed by atoms with Gasteiger partial charge in [-0.3, -0.25) is 0 Å². The molecule has 1 aromatic heterocycles. The van der Waals surface area contributed by atoms with Crippen molar-refractivity contribution in [3.8, 4) is 17.1 Å². The third-order valence-electron chi connectivity index (χ3n) is 2.78. The van der Waals surface area contributed by atoms with Gasteiger partial charge >= 0.3 is 0 Å². The third-order valence-corrected chi connectivity index (χ3v) is 4.14. The molecule has 1 heterocycles. The fourth-order valence-electron chi connectivity index (χ4n) is 1.86. The van der Waals surface area contributed by atoms with Gasteiger partial charge in [-0.2, -0.15) is 4.68 Å². The van der Waals surface area contributed by atoms with Crippen LogP contribution >= 0.6 is 31.9 Å². The van der Waals surface area contributed by atoms with Gasteiger partial charge in [-0.15, -0.1) is 5.10 Å². The number of anilines is 1. The lowest BCUT2D eigenvalue weighted by Crippen LogP contribution is -2.01. The Hall–Kier alpha value is -1.73. The lowest BCUT2D eigenvalue weighted by atomic mass is 10.2. The molecule has 0 spiro atoms. The van der Waals surface area contributed by atoms with Crippen LogP contribution in [0.4, 0.5) is 5.69 Å². The number of hydrogen-bond acceptors (Lipinski definition) is 4. The van der Waals surface area contributed by atoms with Crippen molar-refractivity contribution >= 4 is 37.5 Å². The Morgan fingerprint density at radius 2 is 1.80 bits per heavy atom. The van der Waals surface area contributed by atoms with Crippen LogP contribution in [0.5, 0.6) is 0 Å². The number of para-hydroxylation sites is 1. The van der Waals surface area contributed by atoms with Gasteiger partial charge in [0.05, 0.1) is 5.69 Å². The van der Waals surface area contributed by atoms with Crippen LogP contribution in [-0.4, -0.2) is 20.2 Å². The second-order valence-corrected chi connectivity index (χ2v) is 5.81. The first-order valence-electron chi connectivity index (χ1n) is 5.75. The van der Waals surface area contributed by atoms with Crippen molar-refractivity contribution in [2.45, 2.75) is 0 Å². The Bertz CT molecular complexity index is 769. The summed E-state index contributed by atoms with van der Waals surface area (Å²) in [5.41, 5.74) is 8.20. The molecule has 2 aromatic carbocycles. The highest BCUT2D eigenvalue weighted by molar-refractivity contribution is 9.11. The lowest BCUT2D eigenvalue weighted by molar-refractivity contribution is 0.789. The molecule has 20 heavy (non-hydrogen) atoms. The maximum atomic E-state index is 5.84. The summed E-state index contributed by atoms with van der Waals surface area (Å²) in [5, 5.41) is 11.9. The van der Waals surface area contributed by atoms with E-state index in [-0.39, 0.29) is 0 Å². The van der Waals surface area contributed by atoms with E-state index in [0.29, 0.717) is 11.5 Å². The second-order valence-electron chi connectivity index (χ2n) is 4.10. The number of nitrogens with zero attached hydrogens (tertiary/aromatic N) is 4. The largest absolute Gasteiger partial charge is 0.399 e. The molecule has 7 heteroatoms. The molecule has 2 N–H and O–H groups in total. The average molecular weight is 395 g/mol. The molecular formula is C13H9Br2N5. The normalized spacial score (nSPS) is 10.7. The molecule has 0 aliphatic heterocycles. The van der Waals surface area contributed by atoms with Gasteiger partial charge in [0.25, 0.3) is 0 Å². The molecule has 0 aliphatic carbocycles. The number of nitrogen functional groups attached to an aromatic ring is 1. The summed E-state index contributed by atoms with van der Waals surface area (Å²) in [7, 11) is 0. The first kappa shape index (κ1) is 13.3. The van der Waals surface area contributed by atoms with Crippen LogP contribution in [0.25, 0.3) is 17.1 Å². The highest BCUT2D eigenvalue weighted by Gasteiger charge is 2.15. The minimum absolute atomic E-state index is 0.621. The number of halogens is 2. The van der Waals surface area contributed by atoms with Gasteiger partial charge in [-0.05, 0) is 56.7 Å². The summed E-state index contributed by atoms with van der Waals surface area (Å²) >= 11 is 7.01. The highest BCUT2D eigenvalue weighted by atomic mass is 79.9. The van der Waals surface area contributed by atoms with Crippen LogP contribution in [0.1, 0.15) is 0 Å². The number of benzene rings is 2. The fourth-order valence-corrected chi connectivity index (χ4v) is 2.73. The molecule has 3 aromatic rings. The maximum Gasteiger partial charge on any atom is 0.188 e. The third kappa shape index (κ3) is 2.34.